The molecule has 15 heavy (non-hydrogen) atoms. The molecule has 0 unspecified atom stereocenters. The summed E-state index contributed by atoms with van der Waals surface area (Å²) in [5.41, 5.74) is 8.49. The molecule has 2 N–H and O–H groups in total. The quantitative estimate of drug-likeness (QED) is 0.721. The summed E-state index contributed by atoms with van der Waals surface area (Å²) in [6.45, 7) is 5.26. The molecule has 0 aliphatic heterocycles. The molecule has 5 nitrogen and oxygen atoms in total. The highest BCUT2D eigenvalue weighted by Crippen LogP contribution is 2.19. The van der Waals surface area contributed by atoms with Gasteiger partial charge in [0.25, 0.3) is 0 Å². The highest BCUT2D eigenvalue weighted by atomic mass is 16.5. The zero-order valence-corrected chi connectivity index (χ0v) is 9.41. The molecule has 0 radical (unpaired) electrons. The number of aromatic nitrogens is 2. The summed E-state index contributed by atoms with van der Waals surface area (Å²) in [6.07, 6.45) is 0. The minimum absolute atomic E-state index is 0.407. The second-order valence-electron chi connectivity index (χ2n) is 3.24. The van der Waals surface area contributed by atoms with Crippen molar-refractivity contribution >= 4 is 0 Å². The molecular formula is C10H17N3O2. The van der Waals surface area contributed by atoms with Crippen molar-refractivity contribution in [2.75, 3.05) is 20.3 Å². The van der Waals surface area contributed by atoms with Crippen LogP contribution in [0.25, 0.3) is 0 Å². The first-order chi connectivity index (χ1) is 7.20. The summed E-state index contributed by atoms with van der Waals surface area (Å²) >= 11 is 0. The third-order valence-electron chi connectivity index (χ3n) is 2.27. The summed E-state index contributed by atoms with van der Waals surface area (Å²) < 4.78 is 10.3. The van der Waals surface area contributed by atoms with E-state index in [0.717, 1.165) is 16.8 Å². The first-order valence-corrected chi connectivity index (χ1v) is 4.85. The van der Waals surface area contributed by atoms with Crippen LogP contribution in [0.1, 0.15) is 16.8 Å². The summed E-state index contributed by atoms with van der Waals surface area (Å²) in [5, 5.41) is 7.97. The van der Waals surface area contributed by atoms with Crippen molar-refractivity contribution in [3.05, 3.63) is 16.8 Å². The van der Waals surface area contributed by atoms with Crippen molar-refractivity contribution in [2.45, 2.75) is 20.4 Å². The molecule has 0 spiro atoms. The van der Waals surface area contributed by atoms with Gasteiger partial charge in [-0.05, 0) is 19.4 Å². The fraction of sp³-hybridized carbons (Fsp3) is 0.600. The fourth-order valence-corrected chi connectivity index (χ4v) is 1.21. The normalized spacial score (nSPS) is 10.4. The number of nitrogens with two attached hydrogens (primary N) is 1. The third kappa shape index (κ3) is 2.87. The maximum Gasteiger partial charge on any atom is 0.238 e. The van der Waals surface area contributed by atoms with E-state index in [0.29, 0.717) is 25.6 Å². The van der Waals surface area contributed by atoms with Crippen LogP contribution < -0.4 is 10.5 Å². The molecule has 1 aromatic rings. The van der Waals surface area contributed by atoms with Gasteiger partial charge in [0.2, 0.25) is 5.88 Å². The van der Waals surface area contributed by atoms with Crippen molar-refractivity contribution in [1.82, 2.24) is 10.2 Å². The maximum absolute atomic E-state index is 5.65. The van der Waals surface area contributed by atoms with Gasteiger partial charge >= 0.3 is 0 Å². The lowest BCUT2D eigenvalue weighted by Gasteiger charge is -2.11. The molecule has 5 heteroatoms. The predicted octanol–water partition coefficient (Wildman–Crippen LogP) is 0.577. The second kappa shape index (κ2) is 5.63. The molecule has 0 atom stereocenters. The number of ether oxygens (including phenoxy) is 2. The van der Waals surface area contributed by atoms with Gasteiger partial charge in [0.15, 0.2) is 0 Å². The number of nitrogens with zero attached hydrogens (tertiary/aromatic N) is 2. The van der Waals surface area contributed by atoms with Crippen LogP contribution in [0.15, 0.2) is 0 Å². The van der Waals surface area contributed by atoms with E-state index in [1.165, 1.54) is 0 Å². The second-order valence-corrected chi connectivity index (χ2v) is 3.24. The van der Waals surface area contributed by atoms with E-state index in [4.69, 9.17) is 15.2 Å². The average Bonchev–Trinajstić information content (AvgIpc) is 2.24. The fourth-order valence-electron chi connectivity index (χ4n) is 1.21. The highest BCUT2D eigenvalue weighted by molar-refractivity contribution is 5.34. The van der Waals surface area contributed by atoms with Crippen molar-refractivity contribution in [1.29, 1.82) is 0 Å². The molecule has 1 aromatic heterocycles. The predicted molar refractivity (Wildman–Crippen MR) is 56.8 cm³/mol. The number of rotatable bonds is 5. The van der Waals surface area contributed by atoms with E-state index in [-0.39, 0.29) is 0 Å². The molecule has 0 amide bonds. The number of methoxy groups -OCH3 is 1. The Morgan fingerprint density at radius 1 is 1.20 bits per heavy atom. The molecule has 0 aliphatic carbocycles. The van der Waals surface area contributed by atoms with Gasteiger partial charge in [0.1, 0.15) is 6.61 Å². The van der Waals surface area contributed by atoms with Crippen LogP contribution in [0.2, 0.25) is 0 Å². The Morgan fingerprint density at radius 2 is 1.93 bits per heavy atom. The van der Waals surface area contributed by atoms with Crippen molar-refractivity contribution in [3.8, 4) is 5.88 Å². The molecule has 84 valence electrons. The van der Waals surface area contributed by atoms with Gasteiger partial charge in [-0.1, -0.05) is 0 Å². The van der Waals surface area contributed by atoms with E-state index in [1.54, 1.807) is 7.11 Å². The number of hydrogen-bond acceptors (Lipinski definition) is 5. The molecule has 1 heterocycles. The Hall–Kier alpha value is -1.20. The van der Waals surface area contributed by atoms with E-state index < -0.39 is 0 Å². The van der Waals surface area contributed by atoms with Crippen LogP contribution in [0.5, 0.6) is 5.88 Å². The summed E-state index contributed by atoms with van der Waals surface area (Å²) in [6, 6.07) is 0. The largest absolute Gasteiger partial charge is 0.474 e. The lowest BCUT2D eigenvalue weighted by molar-refractivity contribution is 0.142. The molecule has 0 saturated heterocycles. The van der Waals surface area contributed by atoms with E-state index in [1.807, 2.05) is 13.8 Å². The summed E-state index contributed by atoms with van der Waals surface area (Å²) in [5.74, 6) is 0.512. The van der Waals surface area contributed by atoms with Gasteiger partial charge < -0.3 is 15.2 Å². The topological polar surface area (TPSA) is 70.3 Å². The Labute approximate surface area is 89.6 Å². The van der Waals surface area contributed by atoms with Gasteiger partial charge in [-0.3, -0.25) is 0 Å². The maximum atomic E-state index is 5.65. The van der Waals surface area contributed by atoms with Crippen LogP contribution >= 0.6 is 0 Å². The van der Waals surface area contributed by atoms with E-state index >= 15 is 0 Å². The molecule has 0 aromatic carbocycles. The zero-order valence-electron chi connectivity index (χ0n) is 9.41. The Balaban J connectivity index is 2.83. The SMILES string of the molecule is COCCOc1nnc(C)c(C)c1CN. The molecule has 1 rings (SSSR count). The van der Waals surface area contributed by atoms with Crippen molar-refractivity contribution in [3.63, 3.8) is 0 Å². The van der Waals surface area contributed by atoms with Crippen LogP contribution in [0.3, 0.4) is 0 Å². The van der Waals surface area contributed by atoms with Gasteiger partial charge in [-0.2, -0.15) is 5.10 Å². The highest BCUT2D eigenvalue weighted by Gasteiger charge is 2.10. The van der Waals surface area contributed by atoms with Crippen LogP contribution in [0, 0.1) is 13.8 Å². The van der Waals surface area contributed by atoms with E-state index in [2.05, 4.69) is 10.2 Å². The Kier molecular flexibility index (Phi) is 4.45. The summed E-state index contributed by atoms with van der Waals surface area (Å²) in [7, 11) is 1.62. The first kappa shape index (κ1) is 11.9. The standard InChI is InChI=1S/C10H17N3O2/c1-7-8(2)12-13-10(9(7)6-11)15-5-4-14-3/h4-6,11H2,1-3H3. The minimum atomic E-state index is 0.407. The first-order valence-electron chi connectivity index (χ1n) is 4.85. The minimum Gasteiger partial charge on any atom is -0.474 e. The van der Waals surface area contributed by atoms with Crippen molar-refractivity contribution in [2.24, 2.45) is 5.73 Å². The Morgan fingerprint density at radius 3 is 2.53 bits per heavy atom. The van der Waals surface area contributed by atoms with Crippen LogP contribution in [-0.2, 0) is 11.3 Å². The van der Waals surface area contributed by atoms with Gasteiger partial charge in [0, 0.05) is 19.2 Å². The van der Waals surface area contributed by atoms with Gasteiger partial charge in [0.05, 0.1) is 12.3 Å². The summed E-state index contributed by atoms with van der Waals surface area (Å²) in [4.78, 5) is 0. The lowest BCUT2D eigenvalue weighted by Crippen LogP contribution is -2.12. The van der Waals surface area contributed by atoms with Gasteiger partial charge in [-0.25, -0.2) is 0 Å². The van der Waals surface area contributed by atoms with Crippen LogP contribution in [0.4, 0.5) is 0 Å². The smallest absolute Gasteiger partial charge is 0.238 e. The Bertz CT molecular complexity index is 329. The van der Waals surface area contributed by atoms with Crippen molar-refractivity contribution < 1.29 is 9.47 Å². The average molecular weight is 211 g/mol. The molecule has 0 saturated carbocycles. The molecule has 0 bridgehead atoms. The number of hydrogen-bond donors (Lipinski definition) is 1. The monoisotopic (exact) mass is 211 g/mol. The molecule has 0 aliphatic rings. The van der Waals surface area contributed by atoms with E-state index in [9.17, 15) is 0 Å². The zero-order chi connectivity index (χ0) is 11.3. The molecular weight excluding hydrogens is 194 g/mol. The van der Waals surface area contributed by atoms with Crippen LogP contribution in [-0.4, -0.2) is 30.5 Å². The molecule has 0 fully saturated rings. The third-order valence-corrected chi connectivity index (χ3v) is 2.27. The van der Waals surface area contributed by atoms with Gasteiger partial charge in [-0.15, -0.1) is 5.10 Å². The lowest BCUT2D eigenvalue weighted by atomic mass is 10.1. The number of aryl methyl sites for hydroxylation is 1.